The maximum atomic E-state index is 12.0. The molecule has 0 aromatic heterocycles. The number of methoxy groups -OCH3 is 1. The Balaban J connectivity index is 2.57. The van der Waals surface area contributed by atoms with Crippen molar-refractivity contribution in [3.63, 3.8) is 0 Å². The molecule has 0 saturated carbocycles. The van der Waals surface area contributed by atoms with Gasteiger partial charge in [-0.15, -0.1) is 0 Å². The first-order valence-corrected chi connectivity index (χ1v) is 6.24. The van der Waals surface area contributed by atoms with Crippen LogP contribution in [0.1, 0.15) is 29.8 Å². The van der Waals surface area contributed by atoms with Gasteiger partial charge in [-0.25, -0.2) is 4.79 Å². The average Bonchev–Trinajstić information content (AvgIpc) is 2.41. The van der Waals surface area contributed by atoms with Crippen LogP contribution in [0.2, 0.25) is 0 Å². The number of carbonyl (C=O) groups is 2. The molecule has 0 bridgehead atoms. The molecule has 2 rings (SSSR count). The van der Waals surface area contributed by atoms with E-state index in [1.54, 1.807) is 6.07 Å². The van der Waals surface area contributed by atoms with Gasteiger partial charge in [-0.1, -0.05) is 32.0 Å². The van der Waals surface area contributed by atoms with E-state index in [4.69, 9.17) is 4.74 Å². The summed E-state index contributed by atoms with van der Waals surface area (Å²) in [6, 6.07) is 7.11. The summed E-state index contributed by atoms with van der Waals surface area (Å²) < 4.78 is 4.69. The average molecular weight is 259 g/mol. The number of benzene rings is 1. The fourth-order valence-corrected chi connectivity index (χ4v) is 2.28. The van der Waals surface area contributed by atoms with Crippen molar-refractivity contribution in [2.24, 2.45) is 5.92 Å². The van der Waals surface area contributed by atoms with Crippen LogP contribution < -0.4 is 5.32 Å². The molecule has 0 fully saturated rings. The second-order valence-electron chi connectivity index (χ2n) is 4.86. The van der Waals surface area contributed by atoms with Crippen LogP contribution in [0.25, 0.3) is 5.57 Å². The molecule has 1 heterocycles. The van der Waals surface area contributed by atoms with E-state index in [2.05, 4.69) is 5.32 Å². The van der Waals surface area contributed by atoms with Crippen molar-refractivity contribution < 1.29 is 14.3 Å². The standard InChI is InChI=1S/C15H17NO3/c1-9(2)14-12(8-13(17)19-3)10-6-4-5-7-11(10)15(18)16-14/h4-9,14H,1-3H3,(H,16,18)/b12-8-/t14-/m0/s1. The molecule has 0 saturated heterocycles. The molecule has 0 unspecified atom stereocenters. The summed E-state index contributed by atoms with van der Waals surface area (Å²) >= 11 is 0. The van der Waals surface area contributed by atoms with E-state index in [0.29, 0.717) is 5.56 Å². The summed E-state index contributed by atoms with van der Waals surface area (Å²) in [7, 11) is 1.34. The molecule has 1 aromatic rings. The van der Waals surface area contributed by atoms with E-state index in [0.717, 1.165) is 11.1 Å². The number of carbonyl (C=O) groups excluding carboxylic acids is 2. The van der Waals surface area contributed by atoms with Gasteiger partial charge in [0.15, 0.2) is 0 Å². The number of fused-ring (bicyclic) bond motifs is 1. The molecule has 1 aliphatic heterocycles. The van der Waals surface area contributed by atoms with Crippen LogP contribution in [0.5, 0.6) is 0 Å². The third-order valence-corrected chi connectivity index (χ3v) is 3.25. The highest BCUT2D eigenvalue weighted by atomic mass is 16.5. The van der Waals surface area contributed by atoms with E-state index in [1.807, 2.05) is 32.0 Å². The molecule has 4 heteroatoms. The largest absolute Gasteiger partial charge is 0.466 e. The van der Waals surface area contributed by atoms with Crippen LogP contribution in [-0.2, 0) is 9.53 Å². The highest BCUT2D eigenvalue weighted by Crippen LogP contribution is 2.30. The van der Waals surface area contributed by atoms with Crippen LogP contribution in [0.4, 0.5) is 0 Å². The van der Waals surface area contributed by atoms with Crippen molar-refractivity contribution in [2.75, 3.05) is 7.11 Å². The molecule has 0 aliphatic carbocycles. The molecular formula is C15H17NO3. The van der Waals surface area contributed by atoms with Gasteiger partial charge < -0.3 is 10.1 Å². The third kappa shape index (κ3) is 2.52. The van der Waals surface area contributed by atoms with Gasteiger partial charge in [0.1, 0.15) is 0 Å². The maximum absolute atomic E-state index is 12.0. The second kappa shape index (κ2) is 5.26. The van der Waals surface area contributed by atoms with Gasteiger partial charge in [0.25, 0.3) is 5.91 Å². The quantitative estimate of drug-likeness (QED) is 0.653. The Hall–Kier alpha value is -2.10. The zero-order chi connectivity index (χ0) is 14.0. The first-order valence-electron chi connectivity index (χ1n) is 6.24. The van der Waals surface area contributed by atoms with E-state index >= 15 is 0 Å². The first kappa shape index (κ1) is 13.3. The topological polar surface area (TPSA) is 55.4 Å². The summed E-state index contributed by atoms with van der Waals surface area (Å²) in [5, 5.41) is 2.94. The number of hydrogen-bond donors (Lipinski definition) is 1. The summed E-state index contributed by atoms with van der Waals surface area (Å²) in [6.07, 6.45) is 1.46. The normalized spacial score (nSPS) is 20.1. The third-order valence-electron chi connectivity index (χ3n) is 3.25. The van der Waals surface area contributed by atoms with Crippen molar-refractivity contribution in [3.05, 3.63) is 41.5 Å². The lowest BCUT2D eigenvalue weighted by molar-refractivity contribution is -0.134. The molecular weight excluding hydrogens is 242 g/mol. The van der Waals surface area contributed by atoms with Crippen LogP contribution in [0.15, 0.2) is 30.3 Å². The molecule has 1 amide bonds. The smallest absolute Gasteiger partial charge is 0.330 e. The molecule has 4 nitrogen and oxygen atoms in total. The van der Waals surface area contributed by atoms with E-state index in [-0.39, 0.29) is 17.9 Å². The van der Waals surface area contributed by atoms with E-state index < -0.39 is 5.97 Å². The molecule has 1 N–H and O–H groups in total. The van der Waals surface area contributed by atoms with Crippen LogP contribution in [0, 0.1) is 5.92 Å². The molecule has 1 aliphatic rings. The molecule has 19 heavy (non-hydrogen) atoms. The number of rotatable bonds is 2. The Morgan fingerprint density at radius 3 is 2.53 bits per heavy atom. The van der Waals surface area contributed by atoms with Crippen molar-refractivity contribution >= 4 is 17.4 Å². The number of amides is 1. The zero-order valence-electron chi connectivity index (χ0n) is 11.3. The number of hydrogen-bond acceptors (Lipinski definition) is 3. The lowest BCUT2D eigenvalue weighted by atomic mass is 9.84. The van der Waals surface area contributed by atoms with Gasteiger partial charge >= 0.3 is 5.97 Å². The van der Waals surface area contributed by atoms with Crippen LogP contribution >= 0.6 is 0 Å². The minimum atomic E-state index is -0.411. The predicted octanol–water partition coefficient (Wildman–Crippen LogP) is 2.01. The van der Waals surface area contributed by atoms with Gasteiger partial charge in [0.05, 0.1) is 13.2 Å². The van der Waals surface area contributed by atoms with Crippen molar-refractivity contribution in [1.82, 2.24) is 5.32 Å². The fraction of sp³-hybridized carbons (Fsp3) is 0.333. The lowest BCUT2D eigenvalue weighted by Crippen LogP contribution is -2.43. The Kier molecular flexibility index (Phi) is 3.69. The number of ether oxygens (including phenoxy) is 1. The van der Waals surface area contributed by atoms with Crippen LogP contribution in [0.3, 0.4) is 0 Å². The maximum Gasteiger partial charge on any atom is 0.330 e. The summed E-state index contributed by atoms with van der Waals surface area (Å²) in [5.41, 5.74) is 2.20. The Morgan fingerprint density at radius 1 is 1.32 bits per heavy atom. The minimum Gasteiger partial charge on any atom is -0.466 e. The molecule has 100 valence electrons. The van der Waals surface area contributed by atoms with Gasteiger partial charge in [-0.05, 0) is 23.1 Å². The number of esters is 1. The SMILES string of the molecule is COC(=O)/C=C1/c2ccccc2C(=O)N[C@H]1C(C)C. The van der Waals surface area contributed by atoms with Crippen molar-refractivity contribution in [1.29, 1.82) is 0 Å². The molecule has 1 atom stereocenters. The monoisotopic (exact) mass is 259 g/mol. The van der Waals surface area contributed by atoms with Crippen molar-refractivity contribution in [3.8, 4) is 0 Å². The summed E-state index contributed by atoms with van der Waals surface area (Å²) in [5.74, 6) is -0.323. The summed E-state index contributed by atoms with van der Waals surface area (Å²) in [6.45, 7) is 4.01. The van der Waals surface area contributed by atoms with Crippen LogP contribution in [-0.4, -0.2) is 25.0 Å². The Morgan fingerprint density at radius 2 is 1.95 bits per heavy atom. The predicted molar refractivity (Wildman–Crippen MR) is 72.5 cm³/mol. The fourth-order valence-electron chi connectivity index (χ4n) is 2.28. The summed E-state index contributed by atoms with van der Waals surface area (Å²) in [4.78, 5) is 23.6. The highest BCUT2D eigenvalue weighted by molar-refractivity contribution is 6.06. The van der Waals surface area contributed by atoms with Gasteiger partial charge in [0.2, 0.25) is 0 Å². The Bertz CT molecular complexity index is 546. The molecule has 0 radical (unpaired) electrons. The lowest BCUT2D eigenvalue weighted by Gasteiger charge is -2.31. The first-order chi connectivity index (χ1) is 9.04. The highest BCUT2D eigenvalue weighted by Gasteiger charge is 2.30. The van der Waals surface area contributed by atoms with E-state index in [9.17, 15) is 9.59 Å². The zero-order valence-corrected chi connectivity index (χ0v) is 11.3. The van der Waals surface area contributed by atoms with Crippen molar-refractivity contribution in [2.45, 2.75) is 19.9 Å². The molecule has 0 spiro atoms. The van der Waals surface area contributed by atoms with Gasteiger partial charge in [-0.2, -0.15) is 0 Å². The van der Waals surface area contributed by atoms with Gasteiger partial charge in [0, 0.05) is 11.6 Å². The second-order valence-corrected chi connectivity index (χ2v) is 4.86. The number of nitrogens with one attached hydrogen (secondary N) is 1. The molecule has 1 aromatic carbocycles. The van der Waals surface area contributed by atoms with E-state index in [1.165, 1.54) is 13.2 Å². The van der Waals surface area contributed by atoms with Gasteiger partial charge in [-0.3, -0.25) is 4.79 Å². The minimum absolute atomic E-state index is 0.101. The Labute approximate surface area is 112 Å².